The van der Waals surface area contributed by atoms with E-state index in [4.69, 9.17) is 0 Å². The van der Waals surface area contributed by atoms with E-state index in [2.05, 4.69) is 19.2 Å². The fraction of sp³-hybridized carbons (Fsp3) is 1.00. The van der Waals surface area contributed by atoms with Crippen LogP contribution in [0, 0.1) is 0 Å². The van der Waals surface area contributed by atoms with Gasteiger partial charge in [-0.2, -0.15) is 0 Å². The predicted octanol–water partition coefficient (Wildman–Crippen LogP) is 5.69. The molecule has 18 heavy (non-hydrogen) atoms. The van der Waals surface area contributed by atoms with Gasteiger partial charge in [0, 0.05) is 0 Å². The first-order chi connectivity index (χ1) is 8.91. The van der Waals surface area contributed by atoms with Crippen molar-refractivity contribution in [2.75, 3.05) is 13.1 Å². The molecule has 0 saturated carbocycles. The number of hydrogen-bond acceptors (Lipinski definition) is 1. The third-order valence-electron chi connectivity index (χ3n) is 3.63. The van der Waals surface area contributed by atoms with Crippen LogP contribution in [0.25, 0.3) is 0 Å². The molecule has 0 aliphatic rings. The summed E-state index contributed by atoms with van der Waals surface area (Å²) in [6.07, 6.45) is 18.6. The van der Waals surface area contributed by atoms with Crippen molar-refractivity contribution in [3.63, 3.8) is 0 Å². The topological polar surface area (TPSA) is 12.0 Å². The lowest BCUT2D eigenvalue weighted by atomic mass is 10.1. The number of hydrogen-bond donors (Lipinski definition) is 1. The van der Waals surface area contributed by atoms with Crippen molar-refractivity contribution in [1.29, 1.82) is 0 Å². The highest BCUT2D eigenvalue weighted by molar-refractivity contribution is 4.50. The van der Waals surface area contributed by atoms with Crippen LogP contribution in [-0.4, -0.2) is 13.1 Å². The van der Waals surface area contributed by atoms with Crippen LogP contribution in [0.4, 0.5) is 0 Å². The summed E-state index contributed by atoms with van der Waals surface area (Å²) in [6, 6.07) is 0. The van der Waals surface area contributed by atoms with Crippen molar-refractivity contribution in [3.8, 4) is 0 Å². The van der Waals surface area contributed by atoms with E-state index in [1.807, 2.05) is 0 Å². The van der Waals surface area contributed by atoms with Gasteiger partial charge in [0.15, 0.2) is 0 Å². The Bertz CT molecular complexity index is 118. The molecule has 0 unspecified atom stereocenters. The molecule has 0 fully saturated rings. The summed E-state index contributed by atoms with van der Waals surface area (Å²) < 4.78 is 0. The van der Waals surface area contributed by atoms with Gasteiger partial charge in [-0.3, -0.25) is 0 Å². The first kappa shape index (κ1) is 18.0. The van der Waals surface area contributed by atoms with Gasteiger partial charge < -0.3 is 5.32 Å². The molecule has 0 aromatic carbocycles. The van der Waals surface area contributed by atoms with Crippen LogP contribution in [0.1, 0.15) is 97.3 Å². The Balaban J connectivity index is 2.86. The van der Waals surface area contributed by atoms with Gasteiger partial charge in [-0.05, 0) is 25.9 Å². The van der Waals surface area contributed by atoms with Crippen LogP contribution in [0.15, 0.2) is 0 Å². The summed E-state index contributed by atoms with van der Waals surface area (Å²) in [5, 5.41) is 3.47. The fourth-order valence-electron chi connectivity index (χ4n) is 2.39. The normalized spacial score (nSPS) is 11.0. The first-order valence-corrected chi connectivity index (χ1v) is 8.62. The minimum atomic E-state index is 1.19. The van der Waals surface area contributed by atoms with Crippen molar-refractivity contribution in [2.45, 2.75) is 97.3 Å². The van der Waals surface area contributed by atoms with Crippen molar-refractivity contribution in [1.82, 2.24) is 5.32 Å². The van der Waals surface area contributed by atoms with Gasteiger partial charge in [-0.25, -0.2) is 0 Å². The van der Waals surface area contributed by atoms with E-state index in [9.17, 15) is 0 Å². The van der Waals surface area contributed by atoms with Gasteiger partial charge in [0.05, 0.1) is 0 Å². The average Bonchev–Trinajstić information content (AvgIpc) is 2.39. The molecule has 1 heteroatoms. The summed E-state index contributed by atoms with van der Waals surface area (Å²) in [4.78, 5) is 0. The van der Waals surface area contributed by atoms with Gasteiger partial charge in [0.1, 0.15) is 0 Å². The molecule has 0 aliphatic heterocycles. The second-order valence-electron chi connectivity index (χ2n) is 5.64. The van der Waals surface area contributed by atoms with E-state index in [0.717, 1.165) is 0 Å². The van der Waals surface area contributed by atoms with E-state index < -0.39 is 0 Å². The van der Waals surface area contributed by atoms with E-state index in [0.29, 0.717) is 0 Å². The molecule has 0 aromatic rings. The van der Waals surface area contributed by atoms with Gasteiger partial charge in [-0.1, -0.05) is 84.5 Å². The molecule has 0 aliphatic carbocycles. The van der Waals surface area contributed by atoms with Crippen LogP contribution in [0.5, 0.6) is 0 Å². The van der Waals surface area contributed by atoms with Crippen molar-refractivity contribution in [3.05, 3.63) is 0 Å². The van der Waals surface area contributed by atoms with Gasteiger partial charge in [-0.15, -0.1) is 0 Å². The zero-order valence-electron chi connectivity index (χ0n) is 13.1. The lowest BCUT2D eigenvalue weighted by Crippen LogP contribution is -2.15. The molecule has 0 amide bonds. The Hall–Kier alpha value is -0.0400. The molecule has 0 rings (SSSR count). The van der Waals surface area contributed by atoms with Gasteiger partial charge >= 0.3 is 0 Å². The van der Waals surface area contributed by atoms with E-state index >= 15 is 0 Å². The lowest BCUT2D eigenvalue weighted by molar-refractivity contribution is 0.535. The summed E-state index contributed by atoms with van der Waals surface area (Å²) in [5.41, 5.74) is 0. The largest absolute Gasteiger partial charge is 0.317 e. The molecule has 0 radical (unpaired) electrons. The lowest BCUT2D eigenvalue weighted by Gasteiger charge is -2.04. The minimum absolute atomic E-state index is 1.19. The maximum absolute atomic E-state index is 3.47. The zero-order chi connectivity index (χ0) is 13.3. The van der Waals surface area contributed by atoms with E-state index in [1.54, 1.807) is 0 Å². The summed E-state index contributed by atoms with van der Waals surface area (Å²) in [6.45, 7) is 6.94. The SMILES string of the molecule is CCCCCCCCCCCCCCNCCC. The zero-order valence-corrected chi connectivity index (χ0v) is 13.1. The monoisotopic (exact) mass is 255 g/mol. The predicted molar refractivity (Wildman–Crippen MR) is 84.2 cm³/mol. The minimum Gasteiger partial charge on any atom is -0.317 e. The molecule has 0 atom stereocenters. The molecule has 0 bridgehead atoms. The number of nitrogens with one attached hydrogen (secondary N) is 1. The molecule has 0 aromatic heterocycles. The maximum Gasteiger partial charge on any atom is -0.00489 e. The van der Waals surface area contributed by atoms with Crippen LogP contribution in [-0.2, 0) is 0 Å². The molecule has 0 spiro atoms. The molecule has 110 valence electrons. The Morgan fingerprint density at radius 2 is 0.889 bits per heavy atom. The number of unbranched alkanes of at least 4 members (excludes halogenated alkanes) is 11. The highest BCUT2D eigenvalue weighted by Gasteiger charge is 1.93. The van der Waals surface area contributed by atoms with E-state index in [-0.39, 0.29) is 0 Å². The average molecular weight is 255 g/mol. The Kier molecular flexibility index (Phi) is 16.9. The summed E-state index contributed by atoms with van der Waals surface area (Å²) in [5.74, 6) is 0. The smallest absolute Gasteiger partial charge is 0.00489 e. The highest BCUT2D eigenvalue weighted by Crippen LogP contribution is 2.11. The molecular weight excluding hydrogens is 218 g/mol. The highest BCUT2D eigenvalue weighted by atomic mass is 14.8. The van der Waals surface area contributed by atoms with E-state index in [1.165, 1.54) is 96.6 Å². The third-order valence-corrected chi connectivity index (χ3v) is 3.63. The van der Waals surface area contributed by atoms with Crippen LogP contribution in [0.2, 0.25) is 0 Å². The molecule has 0 heterocycles. The first-order valence-electron chi connectivity index (χ1n) is 8.62. The third kappa shape index (κ3) is 16.0. The fourth-order valence-corrected chi connectivity index (χ4v) is 2.39. The summed E-state index contributed by atoms with van der Waals surface area (Å²) >= 11 is 0. The van der Waals surface area contributed by atoms with Crippen LogP contribution >= 0.6 is 0 Å². The quantitative estimate of drug-likeness (QED) is 0.371. The second kappa shape index (κ2) is 17.0. The Morgan fingerprint density at radius 3 is 1.33 bits per heavy atom. The summed E-state index contributed by atoms with van der Waals surface area (Å²) in [7, 11) is 0. The van der Waals surface area contributed by atoms with Crippen LogP contribution in [0.3, 0.4) is 0 Å². The molecule has 1 N–H and O–H groups in total. The van der Waals surface area contributed by atoms with Crippen LogP contribution < -0.4 is 5.32 Å². The second-order valence-corrected chi connectivity index (χ2v) is 5.64. The van der Waals surface area contributed by atoms with Crippen molar-refractivity contribution in [2.24, 2.45) is 0 Å². The maximum atomic E-state index is 3.47. The molecule has 1 nitrogen and oxygen atoms in total. The van der Waals surface area contributed by atoms with Crippen molar-refractivity contribution >= 4 is 0 Å². The number of rotatable bonds is 15. The Morgan fingerprint density at radius 1 is 0.444 bits per heavy atom. The standard InChI is InChI=1S/C17H37N/c1-3-5-6-7-8-9-10-11-12-13-14-15-17-18-16-4-2/h18H,3-17H2,1-2H3. The van der Waals surface area contributed by atoms with Gasteiger partial charge in [0.2, 0.25) is 0 Å². The molecule has 0 saturated heterocycles. The van der Waals surface area contributed by atoms with Gasteiger partial charge in [0.25, 0.3) is 0 Å². The molecular formula is C17H37N. The Labute approximate surface area is 116 Å². The van der Waals surface area contributed by atoms with Crippen molar-refractivity contribution < 1.29 is 0 Å².